The molecule has 21 heavy (non-hydrogen) atoms. The van der Waals surface area contributed by atoms with E-state index in [1.807, 2.05) is 4.90 Å². The third-order valence-corrected chi connectivity index (χ3v) is 3.60. The Balaban J connectivity index is 1.66. The molecule has 0 radical (unpaired) electrons. The number of esters is 1. The van der Waals surface area contributed by atoms with Gasteiger partial charge in [0, 0.05) is 26.1 Å². The summed E-state index contributed by atoms with van der Waals surface area (Å²) < 4.78 is 9.86. The van der Waals surface area contributed by atoms with Crippen LogP contribution in [0.2, 0.25) is 0 Å². The van der Waals surface area contributed by atoms with Crippen molar-refractivity contribution < 1.29 is 18.7 Å². The summed E-state index contributed by atoms with van der Waals surface area (Å²) in [6, 6.07) is 1.64. The minimum Gasteiger partial charge on any atom is -0.467 e. The van der Waals surface area contributed by atoms with E-state index in [0.29, 0.717) is 30.8 Å². The lowest BCUT2D eigenvalue weighted by Crippen LogP contribution is -2.37. The average Bonchev–Trinajstić information content (AvgIpc) is 3.00. The van der Waals surface area contributed by atoms with Crippen molar-refractivity contribution >= 4 is 11.9 Å². The second-order valence-electron chi connectivity index (χ2n) is 5.16. The number of methoxy groups -OCH3 is 1. The maximum atomic E-state index is 11.9. The standard InChI is InChI=1S/C15H22N2O4/c1-20-15(19)12-9-13(21-11-12)10-16-6-5-14(18)17-7-3-2-4-8-17/h9,11,16H,2-8,10H2,1H3. The fourth-order valence-corrected chi connectivity index (χ4v) is 2.41. The van der Waals surface area contributed by atoms with Gasteiger partial charge in [-0.25, -0.2) is 4.79 Å². The molecule has 0 aliphatic carbocycles. The Morgan fingerprint density at radius 3 is 2.81 bits per heavy atom. The van der Waals surface area contributed by atoms with Crippen LogP contribution in [-0.4, -0.2) is 43.5 Å². The molecule has 0 atom stereocenters. The fourth-order valence-electron chi connectivity index (χ4n) is 2.41. The number of rotatable bonds is 6. The molecule has 1 aliphatic rings. The van der Waals surface area contributed by atoms with Crippen molar-refractivity contribution in [2.75, 3.05) is 26.7 Å². The van der Waals surface area contributed by atoms with Gasteiger partial charge in [-0.3, -0.25) is 4.79 Å². The summed E-state index contributed by atoms with van der Waals surface area (Å²) in [7, 11) is 1.33. The van der Waals surface area contributed by atoms with Gasteiger partial charge in [-0.2, -0.15) is 0 Å². The highest BCUT2D eigenvalue weighted by Gasteiger charge is 2.15. The van der Waals surface area contributed by atoms with Crippen molar-refractivity contribution in [1.82, 2.24) is 10.2 Å². The smallest absolute Gasteiger partial charge is 0.341 e. The molecular formula is C15H22N2O4. The summed E-state index contributed by atoms with van der Waals surface area (Å²) in [4.78, 5) is 25.1. The molecule has 1 saturated heterocycles. The molecule has 1 fully saturated rings. The van der Waals surface area contributed by atoms with Gasteiger partial charge in [0.25, 0.3) is 0 Å². The third kappa shape index (κ3) is 4.60. The maximum absolute atomic E-state index is 11.9. The summed E-state index contributed by atoms with van der Waals surface area (Å²) in [6.07, 6.45) is 5.32. The van der Waals surface area contributed by atoms with Crippen LogP contribution < -0.4 is 5.32 Å². The normalized spacial score (nSPS) is 15.0. The second kappa shape index (κ2) is 7.83. The summed E-state index contributed by atoms with van der Waals surface area (Å²) in [5.41, 5.74) is 0.402. The molecule has 1 aromatic heterocycles. The van der Waals surface area contributed by atoms with Crippen LogP contribution in [0.15, 0.2) is 16.7 Å². The summed E-state index contributed by atoms with van der Waals surface area (Å²) in [6.45, 7) is 2.87. The van der Waals surface area contributed by atoms with Crippen LogP contribution >= 0.6 is 0 Å². The largest absolute Gasteiger partial charge is 0.467 e. The van der Waals surface area contributed by atoms with Crippen molar-refractivity contribution in [3.8, 4) is 0 Å². The molecule has 1 amide bonds. The molecule has 2 rings (SSSR count). The lowest BCUT2D eigenvalue weighted by molar-refractivity contribution is -0.131. The van der Waals surface area contributed by atoms with E-state index in [0.717, 1.165) is 25.9 Å². The monoisotopic (exact) mass is 294 g/mol. The fraction of sp³-hybridized carbons (Fsp3) is 0.600. The van der Waals surface area contributed by atoms with Crippen LogP contribution in [0, 0.1) is 0 Å². The van der Waals surface area contributed by atoms with Crippen LogP contribution in [-0.2, 0) is 16.1 Å². The van der Waals surface area contributed by atoms with Crippen molar-refractivity contribution in [1.29, 1.82) is 0 Å². The Kier molecular flexibility index (Phi) is 5.80. The number of nitrogens with zero attached hydrogens (tertiary/aromatic N) is 1. The first-order chi connectivity index (χ1) is 10.2. The van der Waals surface area contributed by atoms with Gasteiger partial charge in [0.15, 0.2) is 0 Å². The van der Waals surface area contributed by atoms with Gasteiger partial charge in [-0.15, -0.1) is 0 Å². The lowest BCUT2D eigenvalue weighted by Gasteiger charge is -2.26. The van der Waals surface area contributed by atoms with Gasteiger partial charge in [0.2, 0.25) is 5.91 Å². The van der Waals surface area contributed by atoms with Crippen LogP contribution in [0.3, 0.4) is 0 Å². The zero-order valence-electron chi connectivity index (χ0n) is 12.4. The molecule has 6 nitrogen and oxygen atoms in total. The highest BCUT2D eigenvalue weighted by atomic mass is 16.5. The Labute approximate surface area is 124 Å². The Morgan fingerprint density at radius 1 is 1.33 bits per heavy atom. The zero-order chi connectivity index (χ0) is 15.1. The quantitative estimate of drug-likeness (QED) is 0.637. The number of ether oxygens (including phenoxy) is 1. The molecule has 0 bridgehead atoms. The molecule has 0 saturated carbocycles. The van der Waals surface area contributed by atoms with Crippen LogP contribution in [0.1, 0.15) is 41.8 Å². The van der Waals surface area contributed by atoms with Crippen molar-refractivity contribution in [2.24, 2.45) is 0 Å². The van der Waals surface area contributed by atoms with Gasteiger partial charge in [0.05, 0.1) is 19.2 Å². The number of carbonyl (C=O) groups is 2. The second-order valence-corrected chi connectivity index (χ2v) is 5.16. The first kappa shape index (κ1) is 15.6. The van der Waals surface area contributed by atoms with E-state index in [9.17, 15) is 9.59 Å². The number of piperidine rings is 1. The highest BCUT2D eigenvalue weighted by Crippen LogP contribution is 2.10. The molecule has 6 heteroatoms. The van der Waals surface area contributed by atoms with Gasteiger partial charge < -0.3 is 19.4 Å². The minimum atomic E-state index is -0.412. The van der Waals surface area contributed by atoms with Gasteiger partial charge in [-0.1, -0.05) is 0 Å². The van der Waals surface area contributed by atoms with Crippen molar-refractivity contribution in [3.05, 3.63) is 23.7 Å². The molecule has 1 N–H and O–H groups in total. The Bertz CT molecular complexity index is 478. The predicted octanol–water partition coefficient (Wildman–Crippen LogP) is 1.56. The lowest BCUT2D eigenvalue weighted by atomic mass is 10.1. The molecule has 2 heterocycles. The molecule has 116 valence electrons. The number of likely N-dealkylation sites (tertiary alicyclic amines) is 1. The number of nitrogens with one attached hydrogen (secondary N) is 1. The summed E-state index contributed by atoms with van der Waals surface area (Å²) >= 11 is 0. The van der Waals surface area contributed by atoms with E-state index in [-0.39, 0.29) is 5.91 Å². The molecule has 1 aromatic rings. The topological polar surface area (TPSA) is 71.8 Å². The average molecular weight is 294 g/mol. The van der Waals surface area contributed by atoms with E-state index in [2.05, 4.69) is 10.1 Å². The van der Waals surface area contributed by atoms with E-state index >= 15 is 0 Å². The van der Waals surface area contributed by atoms with E-state index in [1.54, 1.807) is 6.07 Å². The summed E-state index contributed by atoms with van der Waals surface area (Å²) in [5, 5.41) is 3.15. The Hall–Kier alpha value is -1.82. The minimum absolute atomic E-state index is 0.205. The SMILES string of the molecule is COC(=O)c1coc(CNCCC(=O)N2CCCCC2)c1. The third-order valence-electron chi connectivity index (χ3n) is 3.60. The van der Waals surface area contributed by atoms with Crippen LogP contribution in [0.4, 0.5) is 0 Å². The van der Waals surface area contributed by atoms with Crippen molar-refractivity contribution in [3.63, 3.8) is 0 Å². The van der Waals surface area contributed by atoms with E-state index in [4.69, 9.17) is 4.42 Å². The molecule has 1 aliphatic heterocycles. The van der Waals surface area contributed by atoms with E-state index < -0.39 is 5.97 Å². The van der Waals surface area contributed by atoms with Gasteiger partial charge in [0.1, 0.15) is 12.0 Å². The maximum Gasteiger partial charge on any atom is 0.341 e. The number of hydrogen-bond acceptors (Lipinski definition) is 5. The van der Waals surface area contributed by atoms with Gasteiger partial charge in [-0.05, 0) is 25.3 Å². The number of furan rings is 1. The Morgan fingerprint density at radius 2 is 2.10 bits per heavy atom. The molecule has 0 spiro atoms. The molecular weight excluding hydrogens is 272 g/mol. The van der Waals surface area contributed by atoms with Crippen LogP contribution in [0.5, 0.6) is 0 Å². The van der Waals surface area contributed by atoms with Crippen molar-refractivity contribution in [2.45, 2.75) is 32.2 Å². The number of amides is 1. The van der Waals surface area contributed by atoms with Crippen LogP contribution in [0.25, 0.3) is 0 Å². The van der Waals surface area contributed by atoms with Gasteiger partial charge >= 0.3 is 5.97 Å². The zero-order valence-corrected chi connectivity index (χ0v) is 12.4. The first-order valence-electron chi connectivity index (χ1n) is 7.35. The predicted molar refractivity (Wildman–Crippen MR) is 76.8 cm³/mol. The highest BCUT2D eigenvalue weighted by molar-refractivity contribution is 5.88. The summed E-state index contributed by atoms with van der Waals surface area (Å²) in [5.74, 6) is 0.447. The molecule has 0 aromatic carbocycles. The molecule has 0 unspecified atom stereocenters. The first-order valence-corrected chi connectivity index (χ1v) is 7.35. The van der Waals surface area contributed by atoms with E-state index in [1.165, 1.54) is 19.8 Å². The number of hydrogen-bond donors (Lipinski definition) is 1. The number of carbonyl (C=O) groups excluding carboxylic acids is 2.